The molecule has 0 aliphatic heterocycles. The van der Waals surface area contributed by atoms with Crippen LogP contribution in [0.5, 0.6) is 0 Å². The summed E-state index contributed by atoms with van der Waals surface area (Å²) in [5.74, 6) is 1.03. The monoisotopic (exact) mass is 847 g/mol. The molecular formula is C60H88F2. The van der Waals surface area contributed by atoms with Crippen molar-refractivity contribution < 1.29 is 8.78 Å². The Kier molecular flexibility index (Phi) is 21.3. The lowest BCUT2D eigenvalue weighted by molar-refractivity contribution is 0.339. The minimum Gasteiger partial charge on any atom is -0.207 e. The van der Waals surface area contributed by atoms with Crippen LogP contribution < -0.4 is 0 Å². The van der Waals surface area contributed by atoms with Crippen molar-refractivity contribution in [1.82, 2.24) is 0 Å². The lowest BCUT2D eigenvalue weighted by Crippen LogP contribution is -2.15. The summed E-state index contributed by atoms with van der Waals surface area (Å²) < 4.78 is 26.3. The molecule has 0 bridgehead atoms. The molecule has 5 aromatic rings. The Bertz CT molecular complexity index is 1970. The van der Waals surface area contributed by atoms with E-state index in [9.17, 15) is 8.78 Å². The van der Waals surface area contributed by atoms with Crippen molar-refractivity contribution >= 4 is 0 Å². The number of benzene rings is 5. The summed E-state index contributed by atoms with van der Waals surface area (Å²) in [5.41, 5.74) is 13.1. The van der Waals surface area contributed by atoms with Gasteiger partial charge in [0.1, 0.15) is 11.6 Å². The summed E-state index contributed by atoms with van der Waals surface area (Å²) in [6.07, 6.45) is 0.921. The second-order valence-electron chi connectivity index (χ2n) is 23.1. The van der Waals surface area contributed by atoms with Gasteiger partial charge in [-0.05, 0) is 131 Å². The van der Waals surface area contributed by atoms with Gasteiger partial charge in [0.2, 0.25) is 0 Å². The molecule has 2 atom stereocenters. The molecule has 5 aromatic carbocycles. The van der Waals surface area contributed by atoms with E-state index in [-0.39, 0.29) is 27.9 Å². The Hall–Kier alpha value is -4.04. The van der Waals surface area contributed by atoms with E-state index in [1.807, 2.05) is 24.3 Å². The SMILES string of the molecule is Cc1ccc(C(C)(C)C)cc1.Cc1ccc(C(C)(C)C)cc1F.Cc1ccc(CC(C)(C)C)cc1F.Cc1ccc([C@H](C)C(C)(C)C)cc1.Cc1ccc([C@H](C)C(C)(C)C)cc1. The van der Waals surface area contributed by atoms with Crippen LogP contribution in [0.4, 0.5) is 8.78 Å². The highest BCUT2D eigenvalue weighted by molar-refractivity contribution is 5.30. The first-order valence-electron chi connectivity index (χ1n) is 22.8. The van der Waals surface area contributed by atoms with Gasteiger partial charge in [0, 0.05) is 0 Å². The van der Waals surface area contributed by atoms with Crippen LogP contribution in [0.25, 0.3) is 0 Å². The zero-order valence-corrected chi connectivity index (χ0v) is 43.5. The Balaban J connectivity index is 0.000000388. The van der Waals surface area contributed by atoms with Crippen molar-refractivity contribution in [2.24, 2.45) is 16.2 Å². The van der Waals surface area contributed by atoms with Gasteiger partial charge in [-0.1, -0.05) is 231 Å². The normalized spacial score (nSPS) is 12.8. The van der Waals surface area contributed by atoms with Crippen molar-refractivity contribution in [3.63, 3.8) is 0 Å². The van der Waals surface area contributed by atoms with Crippen molar-refractivity contribution in [3.8, 4) is 0 Å². The zero-order chi connectivity index (χ0) is 48.0. The number of rotatable bonds is 3. The third kappa shape index (κ3) is 21.4. The van der Waals surface area contributed by atoms with Crippen molar-refractivity contribution in [3.05, 3.63) is 176 Å². The van der Waals surface area contributed by atoms with Crippen LogP contribution in [0.15, 0.2) is 109 Å². The van der Waals surface area contributed by atoms with E-state index in [1.165, 1.54) is 33.4 Å². The molecule has 0 N–H and O–H groups in total. The highest BCUT2D eigenvalue weighted by Gasteiger charge is 2.22. The molecule has 0 aliphatic carbocycles. The summed E-state index contributed by atoms with van der Waals surface area (Å²) in [6, 6.07) is 37.4. The van der Waals surface area contributed by atoms with Gasteiger partial charge in [0.15, 0.2) is 0 Å². The molecule has 2 heteroatoms. The molecule has 0 saturated carbocycles. The third-order valence-electron chi connectivity index (χ3n) is 11.7. The summed E-state index contributed by atoms with van der Waals surface area (Å²) in [4.78, 5) is 0. The van der Waals surface area contributed by atoms with E-state index >= 15 is 0 Å². The van der Waals surface area contributed by atoms with Gasteiger partial charge >= 0.3 is 0 Å². The standard InChI is InChI=1S/2C13H20.C12H17F.C11H15F.C11H16/c2*1-10-6-8-12(9-7-10)11(2)13(3,4)5;1-9-5-6-10(7-11(9)13)8-12(2,3)4;1-8-5-6-9(7-10(8)12)11(2,3)4;1-9-5-7-10(8-6-9)11(2,3)4/h2*6-9,11H,1-5H3;5-7H,8H2,1-4H3;5-7H,1-4H3;5-8H,1-4H3/t2*11-;;;/m00.../s1. The average molecular weight is 847 g/mol. The van der Waals surface area contributed by atoms with E-state index < -0.39 is 0 Å². The summed E-state index contributed by atoms with van der Waals surface area (Å²) in [5, 5.41) is 0. The predicted molar refractivity (Wildman–Crippen MR) is 272 cm³/mol. The van der Waals surface area contributed by atoms with Gasteiger partial charge in [-0.2, -0.15) is 0 Å². The molecule has 5 rings (SSSR count). The van der Waals surface area contributed by atoms with Crippen LogP contribution in [-0.2, 0) is 17.3 Å². The van der Waals surface area contributed by atoms with Crippen molar-refractivity contribution in [1.29, 1.82) is 0 Å². The first kappa shape index (κ1) is 56.0. The second kappa shape index (κ2) is 23.6. The Labute approximate surface area is 381 Å². The number of hydrogen-bond acceptors (Lipinski definition) is 0. The minimum absolute atomic E-state index is 0.0362. The molecule has 342 valence electrons. The molecule has 0 heterocycles. The molecule has 0 aromatic heterocycles. The number of hydrogen-bond donors (Lipinski definition) is 0. The smallest absolute Gasteiger partial charge is 0.126 e. The molecule has 0 unspecified atom stereocenters. The van der Waals surface area contributed by atoms with Gasteiger partial charge in [0.25, 0.3) is 0 Å². The molecule has 0 amide bonds. The minimum atomic E-state index is -0.109. The summed E-state index contributed by atoms with van der Waals surface area (Å²) in [7, 11) is 0. The number of aryl methyl sites for hydroxylation is 5. The van der Waals surface area contributed by atoms with Crippen LogP contribution in [0, 0.1) is 62.5 Å². The van der Waals surface area contributed by atoms with Gasteiger partial charge in [-0.25, -0.2) is 8.78 Å². The van der Waals surface area contributed by atoms with Gasteiger partial charge in [-0.15, -0.1) is 0 Å². The fourth-order valence-corrected chi connectivity index (χ4v) is 6.18. The van der Waals surface area contributed by atoms with Crippen molar-refractivity contribution in [2.75, 3.05) is 0 Å². The van der Waals surface area contributed by atoms with Crippen LogP contribution in [-0.4, -0.2) is 0 Å². The summed E-state index contributed by atoms with van der Waals surface area (Å²) in [6.45, 7) is 47.7. The second-order valence-corrected chi connectivity index (χ2v) is 23.1. The zero-order valence-electron chi connectivity index (χ0n) is 43.5. The lowest BCUT2D eigenvalue weighted by Gasteiger charge is -2.27. The van der Waals surface area contributed by atoms with E-state index in [1.54, 1.807) is 26.0 Å². The fourth-order valence-electron chi connectivity index (χ4n) is 6.18. The molecule has 0 radical (unpaired) electrons. The third-order valence-corrected chi connectivity index (χ3v) is 11.7. The lowest BCUT2D eigenvalue weighted by atomic mass is 9.78. The van der Waals surface area contributed by atoms with Crippen LogP contribution in [0.3, 0.4) is 0 Å². The quantitative estimate of drug-likeness (QED) is 0.170. The Morgan fingerprint density at radius 2 is 0.694 bits per heavy atom. The van der Waals surface area contributed by atoms with Gasteiger partial charge in [0.05, 0.1) is 0 Å². The molecular weight excluding hydrogens is 759 g/mol. The molecule has 0 aliphatic rings. The van der Waals surface area contributed by atoms with E-state index in [0.717, 1.165) is 23.1 Å². The maximum Gasteiger partial charge on any atom is 0.126 e. The van der Waals surface area contributed by atoms with Crippen LogP contribution in [0.2, 0.25) is 0 Å². The first-order chi connectivity index (χ1) is 28.1. The topological polar surface area (TPSA) is 0 Å². The largest absolute Gasteiger partial charge is 0.207 e. The Morgan fingerprint density at radius 3 is 0.984 bits per heavy atom. The highest BCUT2D eigenvalue weighted by atomic mass is 19.1. The van der Waals surface area contributed by atoms with E-state index in [0.29, 0.717) is 28.2 Å². The summed E-state index contributed by atoms with van der Waals surface area (Å²) >= 11 is 0. The first-order valence-corrected chi connectivity index (χ1v) is 22.8. The van der Waals surface area contributed by atoms with Gasteiger partial charge < -0.3 is 0 Å². The van der Waals surface area contributed by atoms with E-state index in [2.05, 4.69) is 211 Å². The highest BCUT2D eigenvalue weighted by Crippen LogP contribution is 2.35. The molecule has 0 saturated heterocycles. The number of halogens is 2. The molecule has 62 heavy (non-hydrogen) atoms. The predicted octanol–water partition coefficient (Wildman–Crippen LogP) is 18.7. The molecule has 0 nitrogen and oxygen atoms in total. The molecule has 0 fully saturated rings. The van der Waals surface area contributed by atoms with Gasteiger partial charge in [-0.3, -0.25) is 0 Å². The maximum atomic E-state index is 13.2. The van der Waals surface area contributed by atoms with Crippen LogP contribution in [0.1, 0.15) is 185 Å². The maximum absolute atomic E-state index is 13.2. The van der Waals surface area contributed by atoms with Crippen molar-refractivity contribution in [2.45, 2.75) is 181 Å². The molecule has 0 spiro atoms. The Morgan fingerprint density at radius 1 is 0.387 bits per heavy atom. The van der Waals surface area contributed by atoms with Crippen LogP contribution >= 0.6 is 0 Å². The fraction of sp³-hybridized carbons (Fsp3) is 0.500. The van der Waals surface area contributed by atoms with E-state index in [4.69, 9.17) is 0 Å². The average Bonchev–Trinajstić information content (AvgIpc) is 3.13.